The van der Waals surface area contributed by atoms with Crippen LogP contribution in [0.3, 0.4) is 0 Å². The third-order valence-corrected chi connectivity index (χ3v) is 6.57. The van der Waals surface area contributed by atoms with Crippen molar-refractivity contribution in [3.05, 3.63) is 76.8 Å². The lowest BCUT2D eigenvalue weighted by Crippen LogP contribution is -2.38. The number of nitrogens with zero attached hydrogens (tertiary/aromatic N) is 1. The molecule has 0 spiro atoms. The summed E-state index contributed by atoms with van der Waals surface area (Å²) in [5.74, 6) is -1.13. The van der Waals surface area contributed by atoms with Gasteiger partial charge in [-0.15, -0.1) is 0 Å². The predicted octanol–water partition coefficient (Wildman–Crippen LogP) is 3.88. The summed E-state index contributed by atoms with van der Waals surface area (Å²) in [5, 5.41) is 10.1. The van der Waals surface area contributed by atoms with Crippen molar-refractivity contribution in [1.82, 2.24) is 4.31 Å². The van der Waals surface area contributed by atoms with Crippen molar-refractivity contribution in [3.63, 3.8) is 0 Å². The maximum absolute atomic E-state index is 13.3. The van der Waals surface area contributed by atoms with Gasteiger partial charge in [-0.1, -0.05) is 54.9 Å². The van der Waals surface area contributed by atoms with Crippen LogP contribution >= 0.6 is 11.6 Å². The second-order valence-corrected chi connectivity index (χ2v) is 8.28. The van der Waals surface area contributed by atoms with Crippen LogP contribution in [0, 0.1) is 0 Å². The number of carboxylic acid groups (broad SMARTS) is 1. The predicted molar refractivity (Wildman–Crippen MR) is 99.5 cm³/mol. The van der Waals surface area contributed by atoms with Gasteiger partial charge in [-0.2, -0.15) is 4.31 Å². The van der Waals surface area contributed by atoms with E-state index in [0.29, 0.717) is 17.0 Å². The van der Waals surface area contributed by atoms with Crippen molar-refractivity contribution in [1.29, 1.82) is 0 Å². The summed E-state index contributed by atoms with van der Waals surface area (Å²) in [6.07, 6.45) is 2.00. The molecule has 0 unspecified atom stereocenters. The van der Waals surface area contributed by atoms with Gasteiger partial charge >= 0.3 is 5.97 Å². The van der Waals surface area contributed by atoms with E-state index in [9.17, 15) is 18.3 Å². The highest BCUT2D eigenvalue weighted by Gasteiger charge is 2.45. The van der Waals surface area contributed by atoms with Crippen molar-refractivity contribution in [2.24, 2.45) is 0 Å². The van der Waals surface area contributed by atoms with E-state index in [2.05, 4.69) is 0 Å². The molecule has 3 rings (SSSR count). The average Bonchev–Trinajstić information content (AvgIpc) is 3.04. The Balaban J connectivity index is 2.17. The van der Waals surface area contributed by atoms with E-state index < -0.39 is 28.1 Å². The van der Waals surface area contributed by atoms with Crippen LogP contribution in [-0.2, 0) is 14.8 Å². The highest BCUT2D eigenvalue weighted by Crippen LogP contribution is 2.42. The van der Waals surface area contributed by atoms with E-state index >= 15 is 0 Å². The molecule has 1 aliphatic heterocycles. The van der Waals surface area contributed by atoms with Crippen LogP contribution in [0.5, 0.6) is 0 Å². The summed E-state index contributed by atoms with van der Waals surface area (Å²) in [6.45, 7) is 1.83. The summed E-state index contributed by atoms with van der Waals surface area (Å²) < 4.78 is 27.9. The van der Waals surface area contributed by atoms with Crippen molar-refractivity contribution in [3.8, 4) is 0 Å². The first kappa shape index (κ1) is 18.6. The van der Waals surface area contributed by atoms with Gasteiger partial charge in [-0.25, -0.2) is 13.2 Å². The zero-order valence-corrected chi connectivity index (χ0v) is 15.6. The van der Waals surface area contributed by atoms with Crippen LogP contribution in [0.2, 0.25) is 5.02 Å². The standard InChI is InChI=1S/C19H18ClNO4S/c1-2-15-12-17(19(22)23)18(13-8-10-14(20)11-9-13)21(15)26(24,25)16-6-4-3-5-7-16/h3-12,15,18H,2H2,1H3,(H,22,23)/t15-,18+/m0/s1. The smallest absolute Gasteiger partial charge is 0.333 e. The third kappa shape index (κ3) is 3.28. The monoisotopic (exact) mass is 391 g/mol. The molecule has 2 atom stereocenters. The van der Waals surface area contributed by atoms with Gasteiger partial charge in [-0.3, -0.25) is 0 Å². The first-order valence-electron chi connectivity index (χ1n) is 8.15. The Morgan fingerprint density at radius 1 is 1.12 bits per heavy atom. The summed E-state index contributed by atoms with van der Waals surface area (Å²) in [5.41, 5.74) is 0.622. The summed E-state index contributed by atoms with van der Waals surface area (Å²) in [7, 11) is -3.89. The normalized spacial score (nSPS) is 20.8. The van der Waals surface area contributed by atoms with Gasteiger partial charge in [-0.05, 0) is 36.2 Å². The number of benzene rings is 2. The molecule has 2 aromatic carbocycles. The number of aliphatic carboxylic acids is 1. The minimum Gasteiger partial charge on any atom is -0.478 e. The van der Waals surface area contributed by atoms with E-state index in [1.807, 2.05) is 6.92 Å². The molecular formula is C19H18ClNO4S. The second-order valence-electron chi connectivity index (χ2n) is 6.00. The van der Waals surface area contributed by atoms with E-state index in [1.54, 1.807) is 42.5 Å². The number of sulfonamides is 1. The van der Waals surface area contributed by atoms with Gasteiger partial charge in [0.2, 0.25) is 10.0 Å². The molecule has 0 aliphatic carbocycles. The molecule has 0 fully saturated rings. The maximum Gasteiger partial charge on any atom is 0.333 e. The maximum atomic E-state index is 13.3. The van der Waals surface area contributed by atoms with Crippen LogP contribution in [0.4, 0.5) is 0 Å². The zero-order valence-electron chi connectivity index (χ0n) is 14.0. The Labute approximate surface area is 157 Å². The lowest BCUT2D eigenvalue weighted by Gasteiger charge is -2.30. The largest absolute Gasteiger partial charge is 0.478 e. The van der Waals surface area contributed by atoms with Crippen molar-refractivity contribution >= 4 is 27.6 Å². The Bertz CT molecular complexity index is 939. The molecule has 26 heavy (non-hydrogen) atoms. The van der Waals surface area contributed by atoms with Gasteiger partial charge in [0.05, 0.1) is 16.5 Å². The first-order chi connectivity index (χ1) is 12.4. The lowest BCUT2D eigenvalue weighted by molar-refractivity contribution is -0.133. The third-order valence-electron chi connectivity index (χ3n) is 4.42. The van der Waals surface area contributed by atoms with E-state index in [-0.39, 0.29) is 10.5 Å². The molecule has 0 bridgehead atoms. The zero-order chi connectivity index (χ0) is 18.9. The molecule has 2 aromatic rings. The minimum absolute atomic E-state index is 0.0543. The van der Waals surface area contributed by atoms with Gasteiger partial charge in [0.1, 0.15) is 0 Å². The fraction of sp³-hybridized carbons (Fsp3) is 0.211. The van der Waals surface area contributed by atoms with E-state index in [0.717, 1.165) is 0 Å². The van der Waals surface area contributed by atoms with Crippen LogP contribution in [0.15, 0.2) is 71.1 Å². The summed E-state index contributed by atoms with van der Waals surface area (Å²) >= 11 is 5.93. The van der Waals surface area contributed by atoms with Crippen LogP contribution in [0.1, 0.15) is 24.9 Å². The van der Waals surface area contributed by atoms with Crippen molar-refractivity contribution in [2.75, 3.05) is 0 Å². The summed E-state index contributed by atoms with van der Waals surface area (Å²) in [4.78, 5) is 11.9. The molecule has 1 N–H and O–H groups in total. The summed E-state index contributed by atoms with van der Waals surface area (Å²) in [6, 6.07) is 13.2. The molecule has 1 aliphatic rings. The molecule has 0 radical (unpaired) electrons. The van der Waals surface area contributed by atoms with Crippen molar-refractivity contribution in [2.45, 2.75) is 30.3 Å². The molecule has 0 amide bonds. The Kier molecular flexibility index (Phi) is 5.18. The van der Waals surface area contributed by atoms with E-state index in [4.69, 9.17) is 11.6 Å². The van der Waals surface area contributed by atoms with E-state index in [1.165, 1.54) is 22.5 Å². The Morgan fingerprint density at radius 2 is 1.73 bits per heavy atom. The fourth-order valence-electron chi connectivity index (χ4n) is 3.19. The molecule has 1 heterocycles. The number of rotatable bonds is 5. The quantitative estimate of drug-likeness (QED) is 0.839. The highest BCUT2D eigenvalue weighted by molar-refractivity contribution is 7.89. The Morgan fingerprint density at radius 3 is 2.27 bits per heavy atom. The first-order valence-corrected chi connectivity index (χ1v) is 9.97. The SMILES string of the molecule is CC[C@H]1C=C(C(=O)O)[C@@H](c2ccc(Cl)cc2)N1S(=O)(=O)c1ccccc1. The highest BCUT2D eigenvalue weighted by atomic mass is 35.5. The van der Waals surface area contributed by atoms with Gasteiger partial charge in [0, 0.05) is 11.1 Å². The Hall–Kier alpha value is -2.15. The lowest BCUT2D eigenvalue weighted by atomic mass is 10.0. The van der Waals surface area contributed by atoms with Crippen LogP contribution in [0.25, 0.3) is 0 Å². The second kappa shape index (κ2) is 7.23. The van der Waals surface area contributed by atoms with Crippen molar-refractivity contribution < 1.29 is 18.3 Å². The molecule has 0 aromatic heterocycles. The molecular weight excluding hydrogens is 374 g/mol. The van der Waals surface area contributed by atoms with Gasteiger partial charge in [0.25, 0.3) is 0 Å². The number of carboxylic acids is 1. The topological polar surface area (TPSA) is 74.7 Å². The number of halogens is 1. The molecule has 7 heteroatoms. The fourth-order valence-corrected chi connectivity index (χ4v) is 5.14. The van der Waals surface area contributed by atoms with Gasteiger partial charge < -0.3 is 5.11 Å². The van der Waals surface area contributed by atoms with Gasteiger partial charge in [0.15, 0.2) is 0 Å². The molecule has 5 nitrogen and oxygen atoms in total. The number of carbonyl (C=O) groups is 1. The number of hydrogen-bond donors (Lipinski definition) is 1. The molecule has 0 saturated heterocycles. The molecule has 0 saturated carbocycles. The minimum atomic E-state index is -3.89. The molecule has 136 valence electrons. The average molecular weight is 392 g/mol. The number of hydrogen-bond acceptors (Lipinski definition) is 3. The van der Waals surface area contributed by atoms with Crippen LogP contribution in [-0.4, -0.2) is 29.8 Å². The van der Waals surface area contributed by atoms with Crippen LogP contribution < -0.4 is 0 Å².